The molecule has 1 fully saturated rings. The lowest BCUT2D eigenvalue weighted by Crippen LogP contribution is -2.22. The van der Waals surface area contributed by atoms with E-state index in [1.165, 1.54) is 32.6 Å². The first-order valence-corrected chi connectivity index (χ1v) is 13.2. The van der Waals surface area contributed by atoms with E-state index in [-0.39, 0.29) is 33.5 Å². The van der Waals surface area contributed by atoms with Gasteiger partial charge in [0, 0.05) is 36.7 Å². The summed E-state index contributed by atoms with van der Waals surface area (Å²) in [6.07, 6.45) is 4.46. The summed E-state index contributed by atoms with van der Waals surface area (Å²) in [6.45, 7) is 3.43. The second kappa shape index (κ2) is 10.5. The molecule has 0 unspecified atom stereocenters. The Bertz CT molecular complexity index is 1440. The van der Waals surface area contributed by atoms with E-state index in [1.807, 2.05) is 0 Å². The molecular weight excluding hydrogens is 496 g/mol. The smallest absolute Gasteiger partial charge is 0.273 e. The number of aromatic nitrogens is 4. The molecule has 1 saturated carbocycles. The first-order valence-electron chi connectivity index (χ1n) is 11.6. The summed E-state index contributed by atoms with van der Waals surface area (Å²) >= 11 is 0. The molecule has 0 spiro atoms. The highest BCUT2D eigenvalue weighted by Gasteiger charge is 2.30. The van der Waals surface area contributed by atoms with E-state index >= 15 is 0 Å². The van der Waals surface area contributed by atoms with Crippen molar-refractivity contribution in [2.45, 2.75) is 36.8 Å². The number of rotatable bonds is 9. The zero-order chi connectivity index (χ0) is 26.7. The largest absolute Gasteiger partial charge is 0.494 e. The van der Waals surface area contributed by atoms with Crippen molar-refractivity contribution in [1.82, 2.24) is 25.5 Å². The molecule has 194 valence electrons. The van der Waals surface area contributed by atoms with Gasteiger partial charge in [0.2, 0.25) is 5.91 Å². The van der Waals surface area contributed by atoms with Gasteiger partial charge in [-0.3, -0.25) is 9.59 Å². The Hall–Kier alpha value is -4.13. The van der Waals surface area contributed by atoms with Gasteiger partial charge in [0.05, 0.1) is 38.7 Å². The summed E-state index contributed by atoms with van der Waals surface area (Å²) in [5.41, 5.74) is 1.35. The van der Waals surface area contributed by atoms with Crippen LogP contribution in [0.4, 0.5) is 17.2 Å². The molecule has 1 atom stereocenters. The molecule has 1 aromatic carbocycles. The fraction of sp³-hybridized carbons (Fsp3) is 0.333. The molecule has 37 heavy (non-hydrogen) atoms. The van der Waals surface area contributed by atoms with E-state index in [0.717, 1.165) is 12.8 Å². The van der Waals surface area contributed by atoms with Crippen LogP contribution in [-0.4, -0.2) is 55.6 Å². The third-order valence-corrected chi connectivity index (χ3v) is 8.05. The Morgan fingerprint density at radius 1 is 1.14 bits per heavy atom. The molecular formula is C24H28N8O4S. The van der Waals surface area contributed by atoms with Gasteiger partial charge in [0.15, 0.2) is 23.1 Å². The number of carbonyl (C=O) groups is 2. The average molecular weight is 525 g/mol. The molecule has 0 aliphatic heterocycles. The number of hydrogen-bond donors (Lipinski definition) is 4. The molecule has 3 aromatic rings. The Balaban J connectivity index is 1.70. The molecule has 1 aliphatic carbocycles. The van der Waals surface area contributed by atoms with Crippen LogP contribution in [0.1, 0.15) is 37.2 Å². The van der Waals surface area contributed by atoms with Crippen LogP contribution < -0.4 is 20.7 Å². The molecule has 4 rings (SSSR count). The van der Waals surface area contributed by atoms with Crippen LogP contribution in [0.3, 0.4) is 0 Å². The lowest BCUT2D eigenvalue weighted by atomic mass is 10.1. The number of carbonyl (C=O) groups excluding carboxylic acids is 2. The van der Waals surface area contributed by atoms with Crippen LogP contribution in [0.2, 0.25) is 0 Å². The number of methoxy groups -OCH3 is 1. The van der Waals surface area contributed by atoms with Crippen molar-refractivity contribution in [1.29, 1.82) is 4.78 Å². The number of nitrogens with zero attached hydrogens (tertiary/aromatic N) is 4. The first kappa shape index (κ1) is 25.9. The minimum atomic E-state index is -3.02. The normalized spacial score (nSPS) is 14.5. The fourth-order valence-electron chi connectivity index (χ4n) is 3.47. The highest BCUT2D eigenvalue weighted by atomic mass is 32.2. The van der Waals surface area contributed by atoms with Crippen LogP contribution in [0.15, 0.2) is 41.6 Å². The van der Waals surface area contributed by atoms with Gasteiger partial charge in [-0.05, 0) is 38.8 Å². The second-order valence-corrected chi connectivity index (χ2v) is 11.4. The van der Waals surface area contributed by atoms with E-state index in [0.29, 0.717) is 28.5 Å². The summed E-state index contributed by atoms with van der Waals surface area (Å²) in [7, 11) is -0.0545. The standard InChI is InChI=1S/C24H28N8O4S/c1-13(2)37(25,35)15-11-27-22(28-12-15)16-6-5-7-17(21(16)36-4)29-18-10-19(30-23(33)14-8-9-14)31-32-20(18)24(34)26-3/h5-7,10-14,25H,8-9H2,1-4H3,(H,26,34)(H2,29,30,31,33)/t37-/m0/s1. The number of nitrogens with one attached hydrogen (secondary N) is 4. The molecule has 2 aromatic heterocycles. The summed E-state index contributed by atoms with van der Waals surface area (Å²) in [4.78, 5) is 33.6. The topological polar surface area (TPSA) is 172 Å². The Labute approximate surface area is 214 Å². The average Bonchev–Trinajstić information content (AvgIpc) is 3.74. The fourth-order valence-corrected chi connectivity index (χ4v) is 4.43. The molecule has 0 saturated heterocycles. The van der Waals surface area contributed by atoms with Crippen molar-refractivity contribution in [3.63, 3.8) is 0 Å². The van der Waals surface area contributed by atoms with Gasteiger partial charge < -0.3 is 20.7 Å². The maximum absolute atomic E-state index is 12.6. The maximum Gasteiger partial charge on any atom is 0.273 e. The summed E-state index contributed by atoms with van der Waals surface area (Å²) < 4.78 is 26.4. The molecule has 2 amide bonds. The predicted molar refractivity (Wildman–Crippen MR) is 138 cm³/mol. The quantitative estimate of drug-likeness (QED) is 0.328. The van der Waals surface area contributed by atoms with Crippen molar-refractivity contribution >= 4 is 38.7 Å². The monoisotopic (exact) mass is 524 g/mol. The van der Waals surface area contributed by atoms with Crippen LogP contribution in [0.25, 0.3) is 11.4 Å². The van der Waals surface area contributed by atoms with Gasteiger partial charge in [-0.15, -0.1) is 10.2 Å². The van der Waals surface area contributed by atoms with Crippen LogP contribution in [-0.2, 0) is 14.5 Å². The lowest BCUT2D eigenvalue weighted by molar-refractivity contribution is -0.117. The molecule has 0 radical (unpaired) electrons. The van der Waals surface area contributed by atoms with Gasteiger partial charge in [0.25, 0.3) is 5.91 Å². The van der Waals surface area contributed by atoms with E-state index < -0.39 is 15.6 Å². The van der Waals surface area contributed by atoms with Crippen molar-refractivity contribution in [2.24, 2.45) is 5.92 Å². The van der Waals surface area contributed by atoms with E-state index in [4.69, 9.17) is 9.52 Å². The maximum atomic E-state index is 12.6. The zero-order valence-electron chi connectivity index (χ0n) is 20.9. The predicted octanol–water partition coefficient (Wildman–Crippen LogP) is 3.21. The highest BCUT2D eigenvalue weighted by molar-refractivity contribution is 7.93. The van der Waals surface area contributed by atoms with Crippen LogP contribution in [0, 0.1) is 10.7 Å². The number of hydrogen-bond acceptors (Lipinski definition) is 10. The summed E-state index contributed by atoms with van der Waals surface area (Å²) in [6, 6.07) is 6.78. The SMILES string of the molecule is CNC(=O)c1nnc(NC(=O)C2CC2)cc1Nc1cccc(-c2ncc([S@@](=N)(=O)C(C)C)cn2)c1OC. The molecule has 0 bridgehead atoms. The van der Waals surface area contributed by atoms with Gasteiger partial charge in [-0.1, -0.05) is 6.07 Å². The van der Waals surface area contributed by atoms with Gasteiger partial charge >= 0.3 is 0 Å². The molecule has 2 heterocycles. The molecule has 4 N–H and O–H groups in total. The van der Waals surface area contributed by atoms with Crippen molar-refractivity contribution in [2.75, 3.05) is 24.8 Å². The minimum Gasteiger partial charge on any atom is -0.494 e. The number of benzene rings is 1. The van der Waals surface area contributed by atoms with Crippen molar-refractivity contribution < 1.29 is 18.5 Å². The molecule has 13 heteroatoms. The summed E-state index contributed by atoms with van der Waals surface area (Å²) in [5, 5.41) is 16.0. The molecule has 12 nitrogen and oxygen atoms in total. The van der Waals surface area contributed by atoms with Crippen LogP contribution >= 0.6 is 0 Å². The Kier molecular flexibility index (Phi) is 7.34. The highest BCUT2D eigenvalue weighted by Crippen LogP contribution is 2.37. The second-order valence-electron chi connectivity index (χ2n) is 8.74. The Morgan fingerprint density at radius 2 is 1.84 bits per heavy atom. The molecule has 1 aliphatic rings. The number of ether oxygens (including phenoxy) is 1. The third kappa shape index (κ3) is 5.50. The Morgan fingerprint density at radius 3 is 2.43 bits per heavy atom. The van der Waals surface area contributed by atoms with Gasteiger partial charge in [-0.2, -0.15) is 0 Å². The number of anilines is 3. The minimum absolute atomic E-state index is 0.0241. The van der Waals surface area contributed by atoms with Crippen molar-refractivity contribution in [3.8, 4) is 17.1 Å². The van der Waals surface area contributed by atoms with E-state index in [1.54, 1.807) is 32.0 Å². The number of amides is 2. The van der Waals surface area contributed by atoms with Gasteiger partial charge in [-0.25, -0.2) is 19.0 Å². The lowest BCUT2D eigenvalue weighted by Gasteiger charge is -2.17. The van der Waals surface area contributed by atoms with Gasteiger partial charge in [0.1, 0.15) is 0 Å². The zero-order valence-corrected chi connectivity index (χ0v) is 21.7. The number of para-hydroxylation sites is 1. The van der Waals surface area contributed by atoms with Crippen molar-refractivity contribution in [3.05, 3.63) is 42.4 Å². The third-order valence-electron chi connectivity index (χ3n) is 5.81. The van der Waals surface area contributed by atoms with E-state index in [2.05, 4.69) is 36.1 Å². The van der Waals surface area contributed by atoms with E-state index in [9.17, 15) is 13.8 Å². The first-order chi connectivity index (χ1) is 17.6. The van der Waals surface area contributed by atoms with Crippen LogP contribution in [0.5, 0.6) is 5.75 Å². The summed E-state index contributed by atoms with van der Waals surface area (Å²) in [5.74, 6) is 0.276.